The summed E-state index contributed by atoms with van der Waals surface area (Å²) in [6.45, 7) is 2.78. The van der Waals surface area contributed by atoms with Crippen LogP contribution in [0.3, 0.4) is 0 Å². The lowest BCUT2D eigenvalue weighted by Gasteiger charge is -2.20. The van der Waals surface area contributed by atoms with E-state index in [0.717, 1.165) is 11.3 Å². The molecular weight excluding hydrogens is 218 g/mol. The van der Waals surface area contributed by atoms with E-state index in [1.807, 2.05) is 0 Å². The molecule has 0 radical (unpaired) electrons. The number of carbonyl (C=O) groups excluding carboxylic acids is 1. The maximum Gasteiger partial charge on any atom is 0.328 e. The van der Waals surface area contributed by atoms with Gasteiger partial charge in [0, 0.05) is 5.38 Å². The summed E-state index contributed by atoms with van der Waals surface area (Å²) in [4.78, 5) is 26.0. The fraction of sp³-hybridized carbons (Fsp3) is 0.375. The number of carbonyl (C=O) groups is 2. The number of carboxylic acid groups (broad SMARTS) is 1. The molecule has 0 aliphatic rings. The Morgan fingerprint density at radius 1 is 1.60 bits per heavy atom. The number of aliphatic carboxylic acids is 1. The predicted octanol–water partition coefficient (Wildman–Crippen LogP) is 0.318. The van der Waals surface area contributed by atoms with Crippen molar-refractivity contribution in [2.45, 2.75) is 19.4 Å². The van der Waals surface area contributed by atoms with Crippen molar-refractivity contribution >= 4 is 28.3 Å². The average Bonchev–Trinajstić information content (AvgIpc) is 2.50. The number of rotatable bonds is 3. The molecule has 0 atom stereocenters. The average molecular weight is 229 g/mol. The summed E-state index contributed by atoms with van der Waals surface area (Å²) in [6.07, 6.45) is 0. The highest BCUT2D eigenvalue weighted by molar-refractivity contribution is 7.13. The van der Waals surface area contributed by atoms with Crippen LogP contribution in [0.25, 0.3) is 0 Å². The Labute approximate surface area is 90.1 Å². The van der Waals surface area contributed by atoms with Gasteiger partial charge in [0.05, 0.1) is 0 Å². The normalized spacial score (nSPS) is 11.1. The molecule has 0 unspecified atom stereocenters. The maximum absolute atomic E-state index is 11.5. The first-order valence-corrected chi connectivity index (χ1v) is 4.98. The number of amides is 1. The van der Waals surface area contributed by atoms with Crippen molar-refractivity contribution in [3.05, 3.63) is 11.1 Å². The van der Waals surface area contributed by atoms with Crippen LogP contribution >= 0.6 is 11.3 Å². The minimum atomic E-state index is -1.32. The number of hydrogen-bond acceptors (Lipinski definition) is 5. The molecule has 82 valence electrons. The molecule has 0 saturated heterocycles. The van der Waals surface area contributed by atoms with Gasteiger partial charge in [0.1, 0.15) is 11.2 Å². The Kier molecular flexibility index (Phi) is 2.94. The van der Waals surface area contributed by atoms with Gasteiger partial charge < -0.3 is 16.2 Å². The second-order valence-corrected chi connectivity index (χ2v) is 4.34. The molecule has 0 aromatic carbocycles. The third kappa shape index (κ3) is 2.66. The van der Waals surface area contributed by atoms with Crippen molar-refractivity contribution < 1.29 is 14.7 Å². The number of nitrogens with two attached hydrogens (primary N) is 1. The Morgan fingerprint density at radius 3 is 2.60 bits per heavy atom. The first kappa shape index (κ1) is 11.4. The molecule has 0 saturated carbocycles. The maximum atomic E-state index is 11.5. The second-order valence-electron chi connectivity index (χ2n) is 3.46. The van der Waals surface area contributed by atoms with Crippen molar-refractivity contribution in [3.63, 3.8) is 0 Å². The van der Waals surface area contributed by atoms with Crippen molar-refractivity contribution in [1.29, 1.82) is 0 Å². The van der Waals surface area contributed by atoms with Crippen LogP contribution in [-0.2, 0) is 4.79 Å². The van der Waals surface area contributed by atoms with Gasteiger partial charge in [-0.15, -0.1) is 11.3 Å². The summed E-state index contributed by atoms with van der Waals surface area (Å²) in [5.41, 5.74) is 4.16. The molecule has 0 bridgehead atoms. The van der Waals surface area contributed by atoms with E-state index in [2.05, 4.69) is 10.3 Å². The van der Waals surface area contributed by atoms with Crippen LogP contribution in [0.5, 0.6) is 0 Å². The molecular formula is C8H11N3O3S. The van der Waals surface area contributed by atoms with Gasteiger partial charge in [0.25, 0.3) is 5.91 Å². The number of nitrogens with one attached hydrogen (secondary N) is 1. The minimum Gasteiger partial charge on any atom is -0.480 e. The van der Waals surface area contributed by atoms with Crippen molar-refractivity contribution in [2.24, 2.45) is 0 Å². The number of nitrogen functional groups attached to an aromatic ring is 1. The first-order valence-electron chi connectivity index (χ1n) is 4.10. The van der Waals surface area contributed by atoms with E-state index in [1.54, 1.807) is 0 Å². The van der Waals surface area contributed by atoms with E-state index in [0.29, 0.717) is 0 Å². The number of carboxylic acids is 1. The smallest absolute Gasteiger partial charge is 0.328 e. The zero-order valence-electron chi connectivity index (χ0n) is 8.27. The number of thiazole rings is 1. The molecule has 1 aromatic rings. The molecule has 0 spiro atoms. The van der Waals surface area contributed by atoms with Crippen LogP contribution in [0.2, 0.25) is 0 Å². The fourth-order valence-corrected chi connectivity index (χ4v) is 1.34. The highest BCUT2D eigenvalue weighted by Gasteiger charge is 2.29. The third-order valence-corrected chi connectivity index (χ3v) is 2.39. The largest absolute Gasteiger partial charge is 0.480 e. The van der Waals surface area contributed by atoms with Crippen LogP contribution in [0.1, 0.15) is 24.3 Å². The topological polar surface area (TPSA) is 105 Å². The van der Waals surface area contributed by atoms with Crippen molar-refractivity contribution in [3.8, 4) is 0 Å². The van der Waals surface area contributed by atoms with Crippen LogP contribution in [0.15, 0.2) is 5.38 Å². The van der Waals surface area contributed by atoms with E-state index >= 15 is 0 Å². The summed E-state index contributed by atoms with van der Waals surface area (Å²) in [7, 11) is 0. The van der Waals surface area contributed by atoms with E-state index < -0.39 is 17.4 Å². The Morgan fingerprint density at radius 2 is 2.20 bits per heavy atom. The van der Waals surface area contributed by atoms with Crippen molar-refractivity contribution in [2.75, 3.05) is 5.73 Å². The molecule has 0 aliphatic carbocycles. The third-order valence-electron chi connectivity index (χ3n) is 1.72. The lowest BCUT2D eigenvalue weighted by atomic mass is 10.1. The van der Waals surface area contributed by atoms with E-state index in [1.165, 1.54) is 19.2 Å². The van der Waals surface area contributed by atoms with Gasteiger partial charge in [-0.05, 0) is 13.8 Å². The molecule has 15 heavy (non-hydrogen) atoms. The Bertz CT molecular complexity index is 400. The standard InChI is InChI=1S/C8H11N3O3S/c1-8(2,6(13)14)11-5(12)4-3-15-7(9)10-4/h3H,1-2H3,(H2,9,10)(H,11,12)(H,13,14). The van der Waals surface area contributed by atoms with E-state index in [4.69, 9.17) is 10.8 Å². The van der Waals surface area contributed by atoms with Crippen LogP contribution < -0.4 is 11.1 Å². The number of aromatic nitrogens is 1. The zero-order chi connectivity index (χ0) is 11.6. The zero-order valence-corrected chi connectivity index (χ0v) is 9.09. The monoisotopic (exact) mass is 229 g/mol. The van der Waals surface area contributed by atoms with Crippen LogP contribution in [-0.4, -0.2) is 27.5 Å². The molecule has 0 fully saturated rings. The van der Waals surface area contributed by atoms with E-state index in [-0.39, 0.29) is 10.8 Å². The Balaban J connectivity index is 2.76. The van der Waals surface area contributed by atoms with Gasteiger partial charge in [-0.3, -0.25) is 4.79 Å². The summed E-state index contributed by atoms with van der Waals surface area (Å²) in [5, 5.41) is 12.9. The SMILES string of the molecule is CC(C)(NC(=O)c1csc(N)n1)C(=O)O. The second kappa shape index (κ2) is 3.85. The van der Waals surface area contributed by atoms with Gasteiger partial charge in [0.2, 0.25) is 0 Å². The first-order chi connectivity index (χ1) is 6.83. The van der Waals surface area contributed by atoms with Crippen LogP contribution in [0.4, 0.5) is 5.13 Å². The summed E-state index contributed by atoms with van der Waals surface area (Å²) >= 11 is 1.13. The van der Waals surface area contributed by atoms with Crippen molar-refractivity contribution in [1.82, 2.24) is 10.3 Å². The van der Waals surface area contributed by atoms with Crippen LogP contribution in [0, 0.1) is 0 Å². The van der Waals surface area contributed by atoms with Gasteiger partial charge in [-0.1, -0.05) is 0 Å². The number of anilines is 1. The summed E-state index contributed by atoms with van der Waals surface area (Å²) in [6, 6.07) is 0. The fourth-order valence-electron chi connectivity index (χ4n) is 0.793. The highest BCUT2D eigenvalue weighted by Crippen LogP contribution is 2.12. The molecule has 1 rings (SSSR count). The Hall–Kier alpha value is -1.63. The van der Waals surface area contributed by atoms with Gasteiger partial charge in [0.15, 0.2) is 5.13 Å². The van der Waals surface area contributed by atoms with E-state index in [9.17, 15) is 9.59 Å². The summed E-state index contributed by atoms with van der Waals surface area (Å²) < 4.78 is 0. The molecule has 1 heterocycles. The summed E-state index contributed by atoms with van der Waals surface area (Å²) in [5.74, 6) is -1.66. The highest BCUT2D eigenvalue weighted by atomic mass is 32.1. The molecule has 6 nitrogen and oxygen atoms in total. The van der Waals surface area contributed by atoms with Gasteiger partial charge in [-0.25, -0.2) is 9.78 Å². The van der Waals surface area contributed by atoms with Gasteiger partial charge in [-0.2, -0.15) is 0 Å². The number of hydrogen-bond donors (Lipinski definition) is 3. The predicted molar refractivity (Wildman–Crippen MR) is 55.7 cm³/mol. The lowest BCUT2D eigenvalue weighted by molar-refractivity contribution is -0.143. The molecule has 4 N–H and O–H groups in total. The quantitative estimate of drug-likeness (QED) is 0.692. The molecule has 0 aliphatic heterocycles. The molecule has 7 heteroatoms. The lowest BCUT2D eigenvalue weighted by Crippen LogP contribution is -2.49. The minimum absolute atomic E-state index is 0.131. The molecule has 1 amide bonds. The molecule has 1 aromatic heterocycles. The van der Waals surface area contributed by atoms with Gasteiger partial charge >= 0.3 is 5.97 Å². The number of nitrogens with zero attached hydrogens (tertiary/aromatic N) is 1.